The lowest BCUT2D eigenvalue weighted by Crippen LogP contribution is -2.39. The lowest BCUT2D eigenvalue weighted by molar-refractivity contribution is -0.144. The second-order valence-corrected chi connectivity index (χ2v) is 5.09. The molecule has 1 unspecified atom stereocenters. The maximum absolute atomic E-state index is 11.4. The minimum Gasteiger partial charge on any atom is -0.469 e. The first-order valence-electron chi connectivity index (χ1n) is 7.17. The number of nitrogens with zero attached hydrogens (tertiary/aromatic N) is 3. The van der Waals surface area contributed by atoms with E-state index >= 15 is 0 Å². The van der Waals surface area contributed by atoms with Gasteiger partial charge in [-0.05, 0) is 19.1 Å². The molecule has 0 aromatic carbocycles. The van der Waals surface area contributed by atoms with Gasteiger partial charge in [-0.1, -0.05) is 6.92 Å². The molecule has 0 spiro atoms. The van der Waals surface area contributed by atoms with Gasteiger partial charge in [-0.2, -0.15) is 0 Å². The van der Waals surface area contributed by atoms with Gasteiger partial charge in [-0.15, -0.1) is 0 Å². The van der Waals surface area contributed by atoms with E-state index in [9.17, 15) is 4.79 Å². The molecule has 6 nitrogen and oxygen atoms in total. The van der Waals surface area contributed by atoms with Gasteiger partial charge in [0, 0.05) is 32.5 Å². The highest BCUT2D eigenvalue weighted by atomic mass is 16.5. The van der Waals surface area contributed by atoms with E-state index in [0.717, 1.165) is 19.0 Å². The van der Waals surface area contributed by atoms with Gasteiger partial charge in [-0.25, -0.2) is 0 Å². The summed E-state index contributed by atoms with van der Waals surface area (Å²) in [5.74, 6) is 0.307. The summed E-state index contributed by atoms with van der Waals surface area (Å²) in [5.41, 5.74) is 1.20. The predicted octanol–water partition coefficient (Wildman–Crippen LogP) is 1.23. The van der Waals surface area contributed by atoms with Crippen LogP contribution in [0.3, 0.4) is 0 Å². The number of ether oxygens (including phenoxy) is 1. The Kier molecular flexibility index (Phi) is 6.78. The topological polar surface area (TPSA) is 58.9 Å². The van der Waals surface area contributed by atoms with Gasteiger partial charge >= 0.3 is 5.97 Å². The Hall–Kier alpha value is -1.98. The molecular weight excluding hydrogens is 268 g/mol. The molecule has 0 aliphatic carbocycles. The molecule has 1 aromatic heterocycles. The molecule has 0 saturated carbocycles. The lowest BCUT2D eigenvalue weighted by atomic mass is 10.2. The van der Waals surface area contributed by atoms with Gasteiger partial charge in [0.15, 0.2) is 5.96 Å². The van der Waals surface area contributed by atoms with E-state index in [0.29, 0.717) is 6.54 Å². The Balaban J connectivity index is 2.71. The van der Waals surface area contributed by atoms with Crippen LogP contribution in [0.25, 0.3) is 0 Å². The van der Waals surface area contributed by atoms with Gasteiger partial charge in [0.25, 0.3) is 0 Å². The molecule has 0 bridgehead atoms. The number of hydrogen-bond acceptors (Lipinski definition) is 3. The van der Waals surface area contributed by atoms with E-state index in [4.69, 9.17) is 4.74 Å². The number of guanidine groups is 1. The molecule has 0 saturated heterocycles. The van der Waals surface area contributed by atoms with E-state index in [-0.39, 0.29) is 11.9 Å². The van der Waals surface area contributed by atoms with Crippen molar-refractivity contribution in [3.63, 3.8) is 0 Å². The molecular formula is C15H26N4O2. The molecule has 0 aliphatic heterocycles. The normalized spacial score (nSPS) is 12.9. The fourth-order valence-electron chi connectivity index (χ4n) is 1.95. The Morgan fingerprint density at radius 3 is 2.81 bits per heavy atom. The van der Waals surface area contributed by atoms with E-state index < -0.39 is 0 Å². The summed E-state index contributed by atoms with van der Waals surface area (Å²) in [5, 5.41) is 3.24. The lowest BCUT2D eigenvalue weighted by Gasteiger charge is -2.22. The van der Waals surface area contributed by atoms with Crippen LogP contribution in [-0.4, -0.2) is 48.6 Å². The zero-order chi connectivity index (χ0) is 15.8. The van der Waals surface area contributed by atoms with Crippen molar-refractivity contribution in [3.8, 4) is 0 Å². The summed E-state index contributed by atoms with van der Waals surface area (Å²) in [6, 6.07) is 4.10. The number of carbonyl (C=O) groups excluding carboxylic acids is 1. The fourth-order valence-corrected chi connectivity index (χ4v) is 1.95. The first kappa shape index (κ1) is 17.1. The maximum Gasteiger partial charge on any atom is 0.310 e. The van der Waals surface area contributed by atoms with Crippen molar-refractivity contribution in [1.82, 2.24) is 14.8 Å². The summed E-state index contributed by atoms with van der Waals surface area (Å²) in [7, 11) is 5.40. The van der Waals surface area contributed by atoms with Crippen LogP contribution >= 0.6 is 0 Å². The molecule has 0 amide bonds. The second kappa shape index (κ2) is 8.34. The molecule has 0 fully saturated rings. The van der Waals surface area contributed by atoms with E-state index in [1.165, 1.54) is 12.8 Å². The number of aryl methyl sites for hydroxylation is 1. The second-order valence-electron chi connectivity index (χ2n) is 5.09. The van der Waals surface area contributed by atoms with Crippen LogP contribution in [0.4, 0.5) is 0 Å². The number of aromatic nitrogens is 1. The first-order valence-corrected chi connectivity index (χ1v) is 7.17. The SMILES string of the molecule is CCNC(=NCC(C)C(=O)OC)N(C)Cc1cccn1C. The van der Waals surface area contributed by atoms with Crippen LogP contribution in [0.2, 0.25) is 0 Å². The van der Waals surface area contributed by atoms with E-state index in [1.54, 1.807) is 0 Å². The first-order chi connectivity index (χ1) is 9.99. The van der Waals surface area contributed by atoms with Gasteiger partial charge in [0.2, 0.25) is 0 Å². The standard InChI is InChI=1S/C15H26N4O2/c1-6-16-15(17-10-12(2)14(20)21-5)19(4)11-13-8-7-9-18(13)3/h7-9,12H,6,10-11H2,1-5H3,(H,16,17). The van der Waals surface area contributed by atoms with Crippen molar-refractivity contribution in [3.05, 3.63) is 24.0 Å². The summed E-state index contributed by atoms with van der Waals surface area (Å²) in [6.45, 7) is 5.78. The van der Waals surface area contributed by atoms with Gasteiger partial charge in [0.1, 0.15) is 0 Å². The third-order valence-corrected chi connectivity index (χ3v) is 3.27. The molecule has 0 aliphatic rings. The Labute approximate surface area is 126 Å². The van der Waals surface area contributed by atoms with Gasteiger partial charge in [-0.3, -0.25) is 9.79 Å². The van der Waals surface area contributed by atoms with Crippen molar-refractivity contribution in [2.45, 2.75) is 20.4 Å². The molecule has 1 aromatic rings. The van der Waals surface area contributed by atoms with Crippen molar-refractivity contribution >= 4 is 11.9 Å². The summed E-state index contributed by atoms with van der Waals surface area (Å²) in [6.07, 6.45) is 2.02. The number of methoxy groups -OCH3 is 1. The summed E-state index contributed by atoms with van der Waals surface area (Å²) >= 11 is 0. The third-order valence-electron chi connectivity index (χ3n) is 3.27. The zero-order valence-corrected chi connectivity index (χ0v) is 13.6. The Morgan fingerprint density at radius 2 is 2.29 bits per heavy atom. The number of nitrogens with one attached hydrogen (secondary N) is 1. The summed E-state index contributed by atoms with van der Waals surface area (Å²) < 4.78 is 6.80. The third kappa shape index (κ3) is 5.13. The van der Waals surface area contributed by atoms with Gasteiger partial charge < -0.3 is 19.5 Å². The highest BCUT2D eigenvalue weighted by molar-refractivity contribution is 5.80. The van der Waals surface area contributed by atoms with E-state index in [2.05, 4.69) is 20.9 Å². The molecule has 1 heterocycles. The zero-order valence-electron chi connectivity index (χ0n) is 13.6. The van der Waals surface area contributed by atoms with Crippen molar-refractivity contribution in [2.75, 3.05) is 27.2 Å². The molecule has 1 atom stereocenters. The van der Waals surface area contributed by atoms with Crippen molar-refractivity contribution < 1.29 is 9.53 Å². The molecule has 0 radical (unpaired) electrons. The average Bonchev–Trinajstić information content (AvgIpc) is 2.87. The van der Waals surface area contributed by atoms with Crippen LogP contribution in [0.5, 0.6) is 0 Å². The molecule has 6 heteroatoms. The number of carbonyl (C=O) groups is 1. The smallest absolute Gasteiger partial charge is 0.310 e. The highest BCUT2D eigenvalue weighted by Gasteiger charge is 2.14. The van der Waals surface area contributed by atoms with Gasteiger partial charge in [0.05, 0.1) is 26.1 Å². The molecule has 1 N–H and O–H groups in total. The summed E-state index contributed by atoms with van der Waals surface area (Å²) in [4.78, 5) is 18.0. The number of aliphatic imine (C=N–C) groups is 1. The Bertz CT molecular complexity index is 482. The monoisotopic (exact) mass is 294 g/mol. The molecule has 118 valence electrons. The van der Waals surface area contributed by atoms with E-state index in [1.807, 2.05) is 45.1 Å². The van der Waals surface area contributed by atoms with Crippen molar-refractivity contribution in [1.29, 1.82) is 0 Å². The minimum absolute atomic E-state index is 0.236. The number of hydrogen-bond donors (Lipinski definition) is 1. The highest BCUT2D eigenvalue weighted by Crippen LogP contribution is 2.05. The molecule has 21 heavy (non-hydrogen) atoms. The molecule has 1 rings (SSSR count). The van der Waals surface area contributed by atoms with Crippen LogP contribution in [-0.2, 0) is 23.1 Å². The van der Waals surface area contributed by atoms with Crippen LogP contribution in [0, 0.1) is 5.92 Å². The van der Waals surface area contributed by atoms with Crippen LogP contribution < -0.4 is 5.32 Å². The van der Waals surface area contributed by atoms with Crippen LogP contribution in [0.1, 0.15) is 19.5 Å². The number of esters is 1. The largest absolute Gasteiger partial charge is 0.469 e. The average molecular weight is 294 g/mol. The number of rotatable bonds is 6. The maximum atomic E-state index is 11.4. The Morgan fingerprint density at radius 1 is 1.57 bits per heavy atom. The minimum atomic E-state index is -0.243. The van der Waals surface area contributed by atoms with Crippen LogP contribution in [0.15, 0.2) is 23.3 Å². The fraction of sp³-hybridized carbons (Fsp3) is 0.600. The van der Waals surface area contributed by atoms with Crippen molar-refractivity contribution in [2.24, 2.45) is 18.0 Å². The predicted molar refractivity (Wildman–Crippen MR) is 84.0 cm³/mol. The quantitative estimate of drug-likeness (QED) is 0.487.